The summed E-state index contributed by atoms with van der Waals surface area (Å²) in [5.41, 5.74) is 7.41. The van der Waals surface area contributed by atoms with E-state index < -0.39 is 11.6 Å². The number of rotatable bonds is 6. The summed E-state index contributed by atoms with van der Waals surface area (Å²) < 4.78 is 12.7. The zero-order valence-corrected chi connectivity index (χ0v) is 21.5. The summed E-state index contributed by atoms with van der Waals surface area (Å²) in [7, 11) is 0. The maximum absolute atomic E-state index is 13.9. The van der Waals surface area contributed by atoms with E-state index in [9.17, 15) is 4.79 Å². The third-order valence-corrected chi connectivity index (χ3v) is 7.52. The summed E-state index contributed by atoms with van der Waals surface area (Å²) in [6.45, 7) is 4.87. The number of ether oxygens (including phenoxy) is 2. The average Bonchev–Trinajstić information content (AvgIpc) is 3.23. The van der Waals surface area contributed by atoms with Gasteiger partial charge in [0, 0.05) is 23.2 Å². The normalized spacial score (nSPS) is 14.4. The van der Waals surface area contributed by atoms with Crippen LogP contribution in [-0.2, 0) is 10.3 Å². The third kappa shape index (κ3) is 3.61. The van der Waals surface area contributed by atoms with Gasteiger partial charge in [0.25, 0.3) is 0 Å². The van der Waals surface area contributed by atoms with Gasteiger partial charge in [0.1, 0.15) is 11.5 Å². The van der Waals surface area contributed by atoms with Gasteiger partial charge in [-0.15, -0.1) is 0 Å². The van der Waals surface area contributed by atoms with E-state index in [1.165, 1.54) is 0 Å². The van der Waals surface area contributed by atoms with Crippen molar-refractivity contribution in [2.45, 2.75) is 32.3 Å². The predicted octanol–water partition coefficient (Wildman–Crippen LogP) is 7.66. The van der Waals surface area contributed by atoms with E-state index in [1.54, 1.807) is 0 Å². The number of carbonyl (C=O) groups is 1. The van der Waals surface area contributed by atoms with Crippen molar-refractivity contribution in [3.05, 3.63) is 118 Å². The van der Waals surface area contributed by atoms with Gasteiger partial charge in [-0.3, -0.25) is 5.01 Å². The van der Waals surface area contributed by atoms with E-state index in [0.29, 0.717) is 33.3 Å². The molecule has 37 heavy (non-hydrogen) atoms. The van der Waals surface area contributed by atoms with E-state index in [2.05, 4.69) is 12.3 Å². The van der Waals surface area contributed by atoms with Crippen LogP contribution in [0.15, 0.2) is 84.9 Å². The van der Waals surface area contributed by atoms with Crippen molar-refractivity contribution in [2.24, 2.45) is 0 Å². The van der Waals surface area contributed by atoms with Crippen molar-refractivity contribution in [1.29, 1.82) is 0 Å². The van der Waals surface area contributed by atoms with Gasteiger partial charge in [0.05, 0.1) is 22.0 Å². The fourth-order valence-electron chi connectivity index (χ4n) is 5.33. The van der Waals surface area contributed by atoms with Crippen LogP contribution in [0.2, 0.25) is 5.02 Å². The largest absolute Gasteiger partial charge is 0.456 e. The minimum absolute atomic E-state index is 0.420. The number of hydrogen-bond donors (Lipinski definition) is 1. The van der Waals surface area contributed by atoms with E-state index in [1.807, 2.05) is 96.9 Å². The van der Waals surface area contributed by atoms with Gasteiger partial charge in [-0.25, -0.2) is 10.2 Å². The molecule has 0 amide bonds. The Balaban J connectivity index is 1.65. The summed E-state index contributed by atoms with van der Waals surface area (Å²) in [6.07, 6.45) is 2.04. The first kappa shape index (κ1) is 23.6. The molecule has 0 aliphatic carbocycles. The lowest BCUT2D eigenvalue weighted by Crippen LogP contribution is -2.36. The summed E-state index contributed by atoms with van der Waals surface area (Å²) in [5.74, 6) is 0.862. The molecule has 4 aromatic carbocycles. The van der Waals surface area contributed by atoms with Gasteiger partial charge < -0.3 is 9.47 Å². The lowest BCUT2D eigenvalue weighted by molar-refractivity contribution is 0.0225. The fourth-order valence-corrected chi connectivity index (χ4v) is 5.61. The highest BCUT2D eigenvalue weighted by molar-refractivity contribution is 6.33. The number of hydrazine groups is 1. The first-order valence-corrected chi connectivity index (χ1v) is 13.0. The fraction of sp³-hybridized carbons (Fsp3) is 0.194. The minimum Gasteiger partial charge on any atom is -0.456 e. The monoisotopic (exact) mass is 510 g/mol. The molecule has 0 radical (unpaired) electrons. The van der Waals surface area contributed by atoms with Gasteiger partial charge in [-0.2, -0.15) is 0 Å². The third-order valence-electron chi connectivity index (χ3n) is 7.04. The highest BCUT2D eigenvalue weighted by Crippen LogP contribution is 2.59. The number of carbonyl (C=O) groups excluding carboxylic acids is 1. The lowest BCUT2D eigenvalue weighted by atomic mass is 9.77. The average molecular weight is 511 g/mol. The molecule has 4 aromatic rings. The van der Waals surface area contributed by atoms with Crippen LogP contribution in [0.5, 0.6) is 11.5 Å². The van der Waals surface area contributed by atoms with Gasteiger partial charge in [-0.1, -0.05) is 79.5 Å². The van der Waals surface area contributed by atoms with Crippen LogP contribution in [-0.4, -0.2) is 12.5 Å². The second-order valence-corrected chi connectivity index (χ2v) is 9.75. The molecule has 5 nitrogen and oxygen atoms in total. The van der Waals surface area contributed by atoms with Crippen LogP contribution < -0.4 is 15.2 Å². The van der Waals surface area contributed by atoms with Crippen LogP contribution in [0.25, 0.3) is 0 Å². The van der Waals surface area contributed by atoms with Crippen LogP contribution in [0.1, 0.15) is 52.4 Å². The molecule has 2 aliphatic heterocycles. The van der Waals surface area contributed by atoms with Crippen molar-refractivity contribution in [1.82, 2.24) is 5.43 Å². The number of para-hydroxylation sites is 3. The predicted molar refractivity (Wildman–Crippen MR) is 146 cm³/mol. The van der Waals surface area contributed by atoms with Gasteiger partial charge in [0.15, 0.2) is 5.60 Å². The molecule has 6 heteroatoms. The Hall–Kier alpha value is -3.80. The van der Waals surface area contributed by atoms with Crippen LogP contribution in [0.4, 0.5) is 11.4 Å². The number of hydrogen-bond acceptors (Lipinski definition) is 5. The van der Waals surface area contributed by atoms with Crippen molar-refractivity contribution in [3.8, 4) is 11.5 Å². The Bertz CT molecular complexity index is 1460. The molecular weight excluding hydrogens is 484 g/mol. The quantitative estimate of drug-likeness (QED) is 0.164. The molecule has 0 bridgehead atoms. The number of anilines is 2. The molecule has 0 saturated carbocycles. The molecule has 0 fully saturated rings. The zero-order chi connectivity index (χ0) is 25.6. The first-order valence-electron chi connectivity index (χ1n) is 12.6. The summed E-state index contributed by atoms with van der Waals surface area (Å²) in [6, 6.07) is 27.3. The van der Waals surface area contributed by atoms with Gasteiger partial charge >= 0.3 is 5.97 Å². The molecule has 186 valence electrons. The maximum atomic E-state index is 13.9. The number of benzene rings is 4. The number of fused-ring (bicyclic) bond motifs is 6. The topological polar surface area (TPSA) is 50.8 Å². The molecule has 6 rings (SSSR count). The molecule has 1 N–H and O–H groups in total. The number of aryl methyl sites for hydroxylation is 1. The zero-order valence-electron chi connectivity index (χ0n) is 20.8. The first-order chi connectivity index (χ1) is 18.1. The second kappa shape index (κ2) is 9.25. The molecule has 1 spiro atoms. The Labute approximate surface area is 221 Å². The SMILES string of the molecule is CCCCNN(c1ccccc1)c1cc(C)c(Cl)c2c1C(=O)OC21c2ccccc2Oc2ccccc21. The summed E-state index contributed by atoms with van der Waals surface area (Å²) in [4.78, 5) is 13.9. The molecule has 0 saturated heterocycles. The summed E-state index contributed by atoms with van der Waals surface area (Å²) >= 11 is 7.10. The number of nitrogens with zero attached hydrogens (tertiary/aromatic N) is 1. The van der Waals surface area contributed by atoms with Gasteiger partial charge in [0.2, 0.25) is 0 Å². The highest BCUT2D eigenvalue weighted by Gasteiger charge is 2.56. The number of unbranched alkanes of at least 4 members (excludes halogenated alkanes) is 1. The number of esters is 1. The standard InChI is InChI=1S/C31H27ClN2O3/c1-3-4-18-33-34(21-12-6-5-7-13-21)24-19-20(2)29(32)28-27(24)30(35)37-31(28)22-14-8-10-16-25(22)36-26-17-11-9-15-23(26)31/h5-17,19,33H,3-4,18H2,1-2H3. The summed E-state index contributed by atoms with van der Waals surface area (Å²) in [5, 5.41) is 2.49. The van der Waals surface area contributed by atoms with E-state index in [-0.39, 0.29) is 0 Å². The Kier molecular flexibility index (Phi) is 5.90. The van der Waals surface area contributed by atoms with Crippen LogP contribution in [0.3, 0.4) is 0 Å². The Morgan fingerprint density at radius 3 is 2.19 bits per heavy atom. The lowest BCUT2D eigenvalue weighted by Gasteiger charge is -2.37. The van der Waals surface area contributed by atoms with E-state index in [0.717, 1.165) is 41.8 Å². The van der Waals surface area contributed by atoms with E-state index >= 15 is 0 Å². The van der Waals surface area contributed by atoms with Crippen molar-refractivity contribution < 1.29 is 14.3 Å². The molecule has 0 atom stereocenters. The van der Waals surface area contributed by atoms with Crippen molar-refractivity contribution in [2.75, 3.05) is 11.6 Å². The maximum Gasteiger partial charge on any atom is 0.342 e. The van der Waals surface area contributed by atoms with E-state index in [4.69, 9.17) is 21.1 Å². The van der Waals surface area contributed by atoms with Crippen molar-refractivity contribution >= 4 is 28.9 Å². The molecule has 0 unspecified atom stereocenters. The van der Waals surface area contributed by atoms with Crippen molar-refractivity contribution in [3.63, 3.8) is 0 Å². The minimum atomic E-state index is -1.22. The highest BCUT2D eigenvalue weighted by atomic mass is 35.5. The Morgan fingerprint density at radius 1 is 0.919 bits per heavy atom. The van der Waals surface area contributed by atoms with Gasteiger partial charge in [-0.05, 0) is 49.2 Å². The number of halogens is 1. The smallest absolute Gasteiger partial charge is 0.342 e. The molecule has 2 heterocycles. The molecule has 2 aliphatic rings. The Morgan fingerprint density at radius 2 is 1.54 bits per heavy atom. The molecule has 0 aromatic heterocycles. The van der Waals surface area contributed by atoms with Crippen LogP contribution in [0, 0.1) is 6.92 Å². The number of nitrogens with one attached hydrogen (secondary N) is 1. The second-order valence-electron chi connectivity index (χ2n) is 9.37. The van der Waals surface area contributed by atoms with Crippen LogP contribution >= 0.6 is 11.6 Å². The molecular formula is C31H27ClN2O3.